The van der Waals surface area contributed by atoms with Gasteiger partial charge in [0.05, 0.1) is 0 Å². The predicted molar refractivity (Wildman–Crippen MR) is 23.4 cm³/mol. The molecular weight excluding hydrogens is 94.0 g/mol. The predicted octanol–water partition coefficient (Wildman–Crippen LogP) is -0.977. The van der Waals surface area contributed by atoms with Crippen LogP contribution >= 0.6 is 0 Å². The van der Waals surface area contributed by atoms with Gasteiger partial charge in [0.15, 0.2) is 0 Å². The molecular formula is C4H8NO2. The highest BCUT2D eigenvalue weighted by molar-refractivity contribution is 4.68. The first kappa shape index (κ1) is 5.03. The van der Waals surface area contributed by atoms with Crippen molar-refractivity contribution in [1.82, 2.24) is 5.32 Å². The van der Waals surface area contributed by atoms with E-state index in [4.69, 9.17) is 10.2 Å². The Kier molecular flexibility index (Phi) is 1.03. The third kappa shape index (κ3) is 1.12. The van der Waals surface area contributed by atoms with Gasteiger partial charge >= 0.3 is 0 Å². The molecule has 0 amide bonds. The molecule has 7 heavy (non-hydrogen) atoms. The van der Waals surface area contributed by atoms with E-state index in [1.807, 2.05) is 0 Å². The summed E-state index contributed by atoms with van der Waals surface area (Å²) >= 11 is 0. The summed E-state index contributed by atoms with van der Waals surface area (Å²) in [4.78, 5) is 0. The van der Waals surface area contributed by atoms with Crippen LogP contribution in [0.25, 0.3) is 0 Å². The third-order valence-corrected chi connectivity index (χ3v) is 1.04. The normalized spacial score (nSPS) is 28.3. The molecule has 0 aromatic heterocycles. The lowest BCUT2D eigenvalue weighted by Gasteiger charge is -2.10. The zero-order valence-electron chi connectivity index (χ0n) is 3.96. The maximum absolute atomic E-state index is 8.58. The fourth-order valence-corrected chi connectivity index (χ4v) is 0.653. The molecule has 1 aliphatic heterocycles. The Bertz CT molecular complexity index is 64.1. The van der Waals surface area contributed by atoms with Gasteiger partial charge in [0.2, 0.25) is 5.91 Å². The number of nitrogens with zero attached hydrogens (tertiary/aromatic N) is 1. The quantitative estimate of drug-likeness (QED) is 0.386. The Morgan fingerprint density at radius 2 is 2.14 bits per heavy atom. The molecule has 0 aliphatic carbocycles. The average molecular weight is 102 g/mol. The summed E-state index contributed by atoms with van der Waals surface area (Å²) in [7, 11) is 0. The molecule has 1 aliphatic rings. The van der Waals surface area contributed by atoms with Crippen LogP contribution in [-0.2, 0) is 0 Å². The minimum absolute atomic E-state index is 0.396. The van der Waals surface area contributed by atoms with Crippen LogP contribution in [0.4, 0.5) is 0 Å². The average Bonchev–Trinajstić information content (AvgIpc) is 1.84. The summed E-state index contributed by atoms with van der Waals surface area (Å²) in [5, 5.41) is 20.6. The number of hydrogen-bond donors (Lipinski definition) is 2. The molecule has 3 heteroatoms. The molecule has 41 valence electrons. The van der Waals surface area contributed by atoms with Crippen molar-refractivity contribution in [2.45, 2.75) is 18.8 Å². The van der Waals surface area contributed by atoms with Crippen LogP contribution in [-0.4, -0.2) is 22.7 Å². The lowest BCUT2D eigenvalue weighted by atomic mass is 10.3. The highest BCUT2D eigenvalue weighted by Crippen LogP contribution is 2.12. The molecule has 1 rings (SSSR count). The van der Waals surface area contributed by atoms with E-state index in [0.29, 0.717) is 13.0 Å². The van der Waals surface area contributed by atoms with Crippen molar-refractivity contribution in [2.75, 3.05) is 6.54 Å². The van der Waals surface area contributed by atoms with Gasteiger partial charge in [-0.3, -0.25) is 0 Å². The second-order valence-electron chi connectivity index (χ2n) is 1.76. The summed E-state index contributed by atoms with van der Waals surface area (Å²) in [6, 6.07) is 0. The lowest BCUT2D eigenvalue weighted by Crippen LogP contribution is -2.32. The van der Waals surface area contributed by atoms with Crippen molar-refractivity contribution in [1.29, 1.82) is 0 Å². The topological polar surface area (TPSA) is 54.6 Å². The highest BCUT2D eigenvalue weighted by atomic mass is 16.5. The molecule has 2 N–H and O–H groups in total. The van der Waals surface area contributed by atoms with Crippen molar-refractivity contribution >= 4 is 0 Å². The summed E-state index contributed by atoms with van der Waals surface area (Å²) in [5.41, 5.74) is 0. The third-order valence-electron chi connectivity index (χ3n) is 1.04. The van der Waals surface area contributed by atoms with E-state index in [1.54, 1.807) is 0 Å². The summed E-state index contributed by atoms with van der Waals surface area (Å²) < 4.78 is 0. The first-order valence-electron chi connectivity index (χ1n) is 2.34. The first-order valence-corrected chi connectivity index (χ1v) is 2.34. The zero-order chi connectivity index (χ0) is 5.33. The second-order valence-corrected chi connectivity index (χ2v) is 1.76. The smallest absolute Gasteiger partial charge is 0.238 e. The second kappa shape index (κ2) is 1.43. The molecule has 1 fully saturated rings. The van der Waals surface area contributed by atoms with Crippen LogP contribution < -0.4 is 5.32 Å². The Hall–Kier alpha value is -0.120. The summed E-state index contributed by atoms with van der Waals surface area (Å²) in [6.07, 6.45) is 1.19. The van der Waals surface area contributed by atoms with E-state index in [9.17, 15) is 0 Å². The molecule has 0 spiro atoms. The number of rotatable bonds is 0. The van der Waals surface area contributed by atoms with Crippen LogP contribution in [0.5, 0.6) is 0 Å². The van der Waals surface area contributed by atoms with Crippen molar-refractivity contribution in [2.24, 2.45) is 0 Å². The maximum Gasteiger partial charge on any atom is 0.238 e. The summed E-state index contributed by atoms with van der Waals surface area (Å²) in [5.74, 6) is -1.68. The molecule has 1 radical (unpaired) electrons. The molecule has 1 saturated heterocycles. The Morgan fingerprint density at radius 3 is 2.29 bits per heavy atom. The fraction of sp³-hybridized carbons (Fsp3) is 1.00. The largest absolute Gasteiger partial charge is 0.352 e. The minimum Gasteiger partial charge on any atom is -0.352 e. The van der Waals surface area contributed by atoms with Gasteiger partial charge in [-0.1, -0.05) is 0 Å². The molecule has 0 aromatic rings. The van der Waals surface area contributed by atoms with Gasteiger partial charge in [-0.25, -0.2) is 0 Å². The van der Waals surface area contributed by atoms with Crippen LogP contribution in [0.2, 0.25) is 0 Å². The zero-order valence-corrected chi connectivity index (χ0v) is 3.96. The van der Waals surface area contributed by atoms with Gasteiger partial charge < -0.3 is 10.2 Å². The standard InChI is InChI=1S/C4H8NO2/c6-4(7)2-1-3-5-4/h6-7H,1-3H2. The van der Waals surface area contributed by atoms with Crippen molar-refractivity contribution in [3.05, 3.63) is 0 Å². The maximum atomic E-state index is 8.58. The van der Waals surface area contributed by atoms with Gasteiger partial charge in [-0.2, -0.15) is 5.32 Å². The van der Waals surface area contributed by atoms with Crippen LogP contribution in [0.1, 0.15) is 12.8 Å². The Labute approximate surface area is 42.0 Å². The molecule has 0 aromatic carbocycles. The van der Waals surface area contributed by atoms with Crippen molar-refractivity contribution in [3.63, 3.8) is 0 Å². The van der Waals surface area contributed by atoms with Gasteiger partial charge in [-0.15, -0.1) is 0 Å². The minimum atomic E-state index is -1.68. The van der Waals surface area contributed by atoms with Crippen LogP contribution in [0, 0.1) is 0 Å². The SMILES string of the molecule is OC1(O)CCC[N]1. The Balaban J connectivity index is 2.40. The van der Waals surface area contributed by atoms with Gasteiger partial charge in [0.25, 0.3) is 0 Å². The lowest BCUT2D eigenvalue weighted by molar-refractivity contribution is -0.173. The van der Waals surface area contributed by atoms with E-state index >= 15 is 0 Å². The molecule has 0 saturated carbocycles. The van der Waals surface area contributed by atoms with Crippen LogP contribution in [0.3, 0.4) is 0 Å². The first-order chi connectivity index (χ1) is 3.21. The van der Waals surface area contributed by atoms with E-state index in [0.717, 1.165) is 6.42 Å². The molecule has 3 nitrogen and oxygen atoms in total. The summed E-state index contributed by atoms with van der Waals surface area (Å²) in [6.45, 7) is 0.590. The molecule has 0 atom stereocenters. The van der Waals surface area contributed by atoms with E-state index < -0.39 is 5.91 Å². The van der Waals surface area contributed by atoms with E-state index in [-0.39, 0.29) is 0 Å². The fourth-order valence-electron chi connectivity index (χ4n) is 0.653. The number of aliphatic hydroxyl groups is 2. The van der Waals surface area contributed by atoms with E-state index in [1.165, 1.54) is 0 Å². The van der Waals surface area contributed by atoms with Crippen LogP contribution in [0.15, 0.2) is 0 Å². The van der Waals surface area contributed by atoms with E-state index in [2.05, 4.69) is 5.32 Å². The highest BCUT2D eigenvalue weighted by Gasteiger charge is 2.28. The van der Waals surface area contributed by atoms with Gasteiger partial charge in [0.1, 0.15) is 0 Å². The van der Waals surface area contributed by atoms with Gasteiger partial charge in [-0.05, 0) is 6.42 Å². The number of hydrogen-bond acceptors (Lipinski definition) is 2. The molecule has 0 bridgehead atoms. The molecule has 1 heterocycles. The van der Waals surface area contributed by atoms with Crippen molar-refractivity contribution < 1.29 is 10.2 Å². The van der Waals surface area contributed by atoms with Gasteiger partial charge in [0, 0.05) is 13.0 Å². The monoisotopic (exact) mass is 102 g/mol. The van der Waals surface area contributed by atoms with Crippen molar-refractivity contribution in [3.8, 4) is 0 Å². The Morgan fingerprint density at radius 1 is 1.43 bits per heavy atom. The molecule has 0 unspecified atom stereocenters.